The van der Waals surface area contributed by atoms with Crippen LogP contribution in [0, 0.1) is 0 Å². The molecule has 2 aliphatic rings. The van der Waals surface area contributed by atoms with Gasteiger partial charge in [0, 0.05) is 38.3 Å². The molecule has 0 unspecified atom stereocenters. The first kappa shape index (κ1) is 17.0. The summed E-state index contributed by atoms with van der Waals surface area (Å²) < 4.78 is 5.46. The molecular formula is C17H27N5O2. The predicted molar refractivity (Wildman–Crippen MR) is 92.1 cm³/mol. The van der Waals surface area contributed by atoms with Crippen LogP contribution in [0.4, 0.5) is 10.6 Å². The van der Waals surface area contributed by atoms with E-state index in [1.54, 1.807) is 11.2 Å². The number of anilines is 1. The molecule has 7 heteroatoms. The molecule has 1 aromatic heterocycles. The van der Waals surface area contributed by atoms with Gasteiger partial charge in [0.2, 0.25) is 0 Å². The molecule has 1 fully saturated rings. The summed E-state index contributed by atoms with van der Waals surface area (Å²) in [6.07, 6.45) is 3.53. The molecule has 1 amide bonds. The Balaban J connectivity index is 1.66. The average Bonchev–Trinajstić information content (AvgIpc) is 2.78. The fourth-order valence-corrected chi connectivity index (χ4v) is 3.14. The zero-order valence-corrected chi connectivity index (χ0v) is 14.8. The van der Waals surface area contributed by atoms with Gasteiger partial charge in [-0.1, -0.05) is 0 Å². The first-order valence-corrected chi connectivity index (χ1v) is 8.70. The molecule has 2 aliphatic heterocycles. The quantitative estimate of drug-likeness (QED) is 0.841. The summed E-state index contributed by atoms with van der Waals surface area (Å²) in [6.45, 7) is 10.4. The van der Waals surface area contributed by atoms with E-state index in [4.69, 9.17) is 4.74 Å². The van der Waals surface area contributed by atoms with E-state index in [0.29, 0.717) is 13.1 Å². The highest BCUT2D eigenvalue weighted by molar-refractivity contribution is 5.68. The molecule has 1 aromatic rings. The molecule has 1 saturated heterocycles. The molecule has 0 aliphatic carbocycles. The lowest BCUT2D eigenvalue weighted by molar-refractivity contribution is 0.0240. The van der Waals surface area contributed by atoms with Gasteiger partial charge >= 0.3 is 6.09 Å². The van der Waals surface area contributed by atoms with Crippen LogP contribution in [-0.4, -0.2) is 59.3 Å². The number of nitrogens with one attached hydrogen (secondary N) is 1. The summed E-state index contributed by atoms with van der Waals surface area (Å²) in [6, 6.07) is 0. The van der Waals surface area contributed by atoms with Gasteiger partial charge in [0.1, 0.15) is 17.7 Å². The zero-order valence-electron chi connectivity index (χ0n) is 14.8. The van der Waals surface area contributed by atoms with Crippen LogP contribution in [0.15, 0.2) is 6.33 Å². The number of piperazine rings is 1. The first-order chi connectivity index (χ1) is 11.4. The van der Waals surface area contributed by atoms with Gasteiger partial charge < -0.3 is 19.9 Å². The van der Waals surface area contributed by atoms with Gasteiger partial charge in [-0.3, -0.25) is 0 Å². The van der Waals surface area contributed by atoms with E-state index in [1.165, 1.54) is 5.56 Å². The van der Waals surface area contributed by atoms with Crippen molar-refractivity contribution in [1.29, 1.82) is 0 Å². The minimum Gasteiger partial charge on any atom is -0.444 e. The van der Waals surface area contributed by atoms with Crippen LogP contribution in [0.5, 0.6) is 0 Å². The summed E-state index contributed by atoms with van der Waals surface area (Å²) in [5, 5.41) is 3.40. The number of carbonyl (C=O) groups is 1. The smallest absolute Gasteiger partial charge is 0.410 e. The Labute approximate surface area is 143 Å². The molecule has 3 heterocycles. The fourth-order valence-electron chi connectivity index (χ4n) is 3.14. The first-order valence-electron chi connectivity index (χ1n) is 8.70. The van der Waals surface area contributed by atoms with Gasteiger partial charge in [-0.2, -0.15) is 0 Å². The van der Waals surface area contributed by atoms with Crippen molar-refractivity contribution in [3.63, 3.8) is 0 Å². The monoisotopic (exact) mass is 333 g/mol. The summed E-state index contributed by atoms with van der Waals surface area (Å²) in [5.41, 5.74) is 1.91. The second-order valence-electron chi connectivity index (χ2n) is 7.36. The highest BCUT2D eigenvalue weighted by Crippen LogP contribution is 2.24. The zero-order chi connectivity index (χ0) is 17.2. The lowest BCUT2D eigenvalue weighted by Gasteiger charge is -2.36. The van der Waals surface area contributed by atoms with E-state index >= 15 is 0 Å². The molecule has 3 rings (SSSR count). The van der Waals surface area contributed by atoms with Crippen LogP contribution in [0.1, 0.15) is 38.4 Å². The Morgan fingerprint density at radius 2 is 1.96 bits per heavy atom. The average molecular weight is 333 g/mol. The Morgan fingerprint density at radius 3 is 2.67 bits per heavy atom. The Morgan fingerprint density at radius 1 is 1.21 bits per heavy atom. The highest BCUT2D eigenvalue weighted by Gasteiger charge is 2.27. The van der Waals surface area contributed by atoms with Crippen molar-refractivity contribution in [1.82, 2.24) is 20.2 Å². The summed E-state index contributed by atoms with van der Waals surface area (Å²) in [5.74, 6) is 1.03. The fraction of sp³-hybridized carbons (Fsp3) is 0.706. The van der Waals surface area contributed by atoms with Crippen molar-refractivity contribution in [3.8, 4) is 0 Å². The normalized spacial score (nSPS) is 18.8. The van der Waals surface area contributed by atoms with E-state index in [0.717, 1.165) is 50.5 Å². The highest BCUT2D eigenvalue weighted by atomic mass is 16.6. The van der Waals surface area contributed by atoms with Crippen molar-refractivity contribution >= 4 is 11.9 Å². The van der Waals surface area contributed by atoms with Crippen molar-refractivity contribution in [2.45, 2.75) is 45.8 Å². The van der Waals surface area contributed by atoms with Crippen LogP contribution in [0.3, 0.4) is 0 Å². The van der Waals surface area contributed by atoms with Crippen LogP contribution < -0.4 is 10.2 Å². The number of amides is 1. The number of hydrogen-bond acceptors (Lipinski definition) is 6. The minimum atomic E-state index is -0.453. The van der Waals surface area contributed by atoms with E-state index in [-0.39, 0.29) is 6.09 Å². The van der Waals surface area contributed by atoms with Gasteiger partial charge in [0.15, 0.2) is 0 Å². The Bertz CT molecular complexity index is 591. The van der Waals surface area contributed by atoms with E-state index < -0.39 is 5.60 Å². The molecule has 132 valence electrons. The number of ether oxygens (including phenoxy) is 1. The topological polar surface area (TPSA) is 70.6 Å². The number of nitrogens with zero attached hydrogens (tertiary/aromatic N) is 4. The maximum atomic E-state index is 12.2. The van der Waals surface area contributed by atoms with Crippen molar-refractivity contribution in [2.75, 3.05) is 37.6 Å². The number of carbonyl (C=O) groups excluding carboxylic acids is 1. The number of hydrogen-bond donors (Lipinski definition) is 1. The molecule has 0 atom stereocenters. The third-order valence-electron chi connectivity index (χ3n) is 4.32. The lowest BCUT2D eigenvalue weighted by atomic mass is 10.1. The van der Waals surface area contributed by atoms with Gasteiger partial charge in [-0.15, -0.1) is 0 Å². The maximum Gasteiger partial charge on any atom is 0.410 e. The summed E-state index contributed by atoms with van der Waals surface area (Å²) >= 11 is 0. The van der Waals surface area contributed by atoms with Crippen LogP contribution >= 0.6 is 0 Å². The molecule has 24 heavy (non-hydrogen) atoms. The van der Waals surface area contributed by atoms with Crippen LogP contribution in [-0.2, 0) is 17.7 Å². The number of fused-ring (bicyclic) bond motifs is 1. The van der Waals surface area contributed by atoms with E-state index in [9.17, 15) is 4.79 Å². The van der Waals surface area contributed by atoms with Gasteiger partial charge in [-0.25, -0.2) is 14.8 Å². The minimum absolute atomic E-state index is 0.229. The summed E-state index contributed by atoms with van der Waals surface area (Å²) in [4.78, 5) is 25.2. The third kappa shape index (κ3) is 3.95. The second-order valence-corrected chi connectivity index (χ2v) is 7.36. The van der Waals surface area contributed by atoms with Crippen molar-refractivity contribution in [3.05, 3.63) is 17.6 Å². The SMILES string of the molecule is CC(C)(C)OC(=O)N1CCN(c2ncnc3c2CCCNC3)CC1. The second kappa shape index (κ2) is 6.93. The largest absolute Gasteiger partial charge is 0.444 e. The lowest BCUT2D eigenvalue weighted by Crippen LogP contribution is -2.50. The van der Waals surface area contributed by atoms with Crippen LogP contribution in [0.25, 0.3) is 0 Å². The standard InChI is InChI=1S/C17H27N5O2/c1-17(2,3)24-16(23)22-9-7-21(8-10-22)15-13-5-4-6-18-11-14(13)19-12-20-15/h12,18H,4-11H2,1-3H3. The molecule has 0 saturated carbocycles. The van der Waals surface area contributed by atoms with Crippen molar-refractivity contribution < 1.29 is 9.53 Å². The van der Waals surface area contributed by atoms with Gasteiger partial charge in [0.25, 0.3) is 0 Å². The molecule has 0 spiro atoms. The Hall–Kier alpha value is -1.89. The molecule has 0 radical (unpaired) electrons. The van der Waals surface area contributed by atoms with Gasteiger partial charge in [-0.05, 0) is 40.2 Å². The number of rotatable bonds is 1. The Kier molecular flexibility index (Phi) is 4.89. The molecular weight excluding hydrogens is 306 g/mol. The van der Waals surface area contributed by atoms with Crippen LogP contribution in [0.2, 0.25) is 0 Å². The van der Waals surface area contributed by atoms with E-state index in [2.05, 4.69) is 20.2 Å². The molecule has 1 N–H and O–H groups in total. The molecule has 0 bridgehead atoms. The van der Waals surface area contributed by atoms with E-state index in [1.807, 2.05) is 20.8 Å². The maximum absolute atomic E-state index is 12.2. The van der Waals surface area contributed by atoms with Gasteiger partial charge in [0.05, 0.1) is 5.69 Å². The summed E-state index contributed by atoms with van der Waals surface area (Å²) in [7, 11) is 0. The third-order valence-corrected chi connectivity index (χ3v) is 4.32. The van der Waals surface area contributed by atoms with Crippen molar-refractivity contribution in [2.24, 2.45) is 0 Å². The number of aromatic nitrogens is 2. The predicted octanol–water partition coefficient (Wildman–Crippen LogP) is 1.57. The molecule has 0 aromatic carbocycles. The molecule has 7 nitrogen and oxygen atoms in total.